The molecule has 7 heteroatoms. The zero-order chi connectivity index (χ0) is 21.6. The number of piperidine rings is 1. The van der Waals surface area contributed by atoms with Gasteiger partial charge >= 0.3 is 0 Å². The SMILES string of the molecule is O=C(NC1CCN(c2ccccc2C(=O)NC[C@@H]2CCCO2)CC1)c1ccccc1Cl. The number of hydrogen-bond donors (Lipinski definition) is 2. The smallest absolute Gasteiger partial charge is 0.253 e. The van der Waals surface area contributed by atoms with Crippen LogP contribution >= 0.6 is 11.6 Å². The number of para-hydroxylation sites is 1. The van der Waals surface area contributed by atoms with Gasteiger partial charge in [-0.15, -0.1) is 0 Å². The predicted molar refractivity (Wildman–Crippen MR) is 122 cm³/mol. The van der Waals surface area contributed by atoms with Gasteiger partial charge in [0, 0.05) is 38.0 Å². The van der Waals surface area contributed by atoms with E-state index in [1.54, 1.807) is 12.1 Å². The van der Waals surface area contributed by atoms with Crippen molar-refractivity contribution < 1.29 is 14.3 Å². The number of nitrogens with one attached hydrogen (secondary N) is 2. The van der Waals surface area contributed by atoms with Crippen LogP contribution in [0.15, 0.2) is 48.5 Å². The Morgan fingerprint density at radius 1 is 0.968 bits per heavy atom. The van der Waals surface area contributed by atoms with Crippen molar-refractivity contribution in [3.05, 3.63) is 64.7 Å². The Balaban J connectivity index is 1.34. The van der Waals surface area contributed by atoms with Crippen molar-refractivity contribution in [2.24, 2.45) is 0 Å². The third-order valence-corrected chi connectivity index (χ3v) is 6.28. The van der Waals surface area contributed by atoms with E-state index in [0.717, 1.165) is 51.1 Å². The molecule has 0 saturated carbocycles. The van der Waals surface area contributed by atoms with Crippen LogP contribution in [0.25, 0.3) is 0 Å². The van der Waals surface area contributed by atoms with E-state index in [9.17, 15) is 9.59 Å². The van der Waals surface area contributed by atoms with E-state index in [0.29, 0.717) is 22.7 Å². The van der Waals surface area contributed by atoms with Gasteiger partial charge in [-0.25, -0.2) is 0 Å². The molecular weight excluding hydrogens is 414 g/mol. The maximum absolute atomic E-state index is 12.8. The summed E-state index contributed by atoms with van der Waals surface area (Å²) in [7, 11) is 0. The highest BCUT2D eigenvalue weighted by Gasteiger charge is 2.25. The van der Waals surface area contributed by atoms with Crippen molar-refractivity contribution in [3.8, 4) is 0 Å². The fourth-order valence-corrected chi connectivity index (χ4v) is 4.44. The third kappa shape index (κ3) is 5.38. The Hall–Kier alpha value is -2.57. The molecule has 6 nitrogen and oxygen atoms in total. The fourth-order valence-electron chi connectivity index (χ4n) is 4.22. The molecule has 2 fully saturated rings. The molecule has 0 unspecified atom stereocenters. The Bertz CT molecular complexity index is 922. The molecule has 2 saturated heterocycles. The zero-order valence-corrected chi connectivity index (χ0v) is 18.2. The van der Waals surface area contributed by atoms with E-state index in [4.69, 9.17) is 16.3 Å². The van der Waals surface area contributed by atoms with Gasteiger partial charge in [0.1, 0.15) is 0 Å². The molecule has 164 valence electrons. The lowest BCUT2D eigenvalue weighted by Gasteiger charge is -2.35. The molecule has 2 heterocycles. The van der Waals surface area contributed by atoms with Gasteiger partial charge in [-0.1, -0.05) is 35.9 Å². The Labute approximate surface area is 187 Å². The number of ether oxygens (including phenoxy) is 1. The van der Waals surface area contributed by atoms with Gasteiger partial charge in [0.25, 0.3) is 11.8 Å². The lowest BCUT2D eigenvalue weighted by Crippen LogP contribution is -2.45. The molecule has 0 aliphatic carbocycles. The van der Waals surface area contributed by atoms with Crippen LogP contribution in [0.2, 0.25) is 5.02 Å². The minimum absolute atomic E-state index is 0.0692. The minimum atomic E-state index is -0.141. The van der Waals surface area contributed by atoms with Crippen molar-refractivity contribution in [1.82, 2.24) is 10.6 Å². The minimum Gasteiger partial charge on any atom is -0.376 e. The Kier molecular flexibility index (Phi) is 7.10. The molecule has 2 N–H and O–H groups in total. The molecular formula is C24H28ClN3O3. The number of rotatable bonds is 6. The average molecular weight is 442 g/mol. The number of anilines is 1. The van der Waals surface area contributed by atoms with Crippen molar-refractivity contribution in [2.45, 2.75) is 37.8 Å². The van der Waals surface area contributed by atoms with Gasteiger partial charge in [0.05, 0.1) is 22.3 Å². The number of amides is 2. The molecule has 31 heavy (non-hydrogen) atoms. The van der Waals surface area contributed by atoms with Crippen LogP contribution in [0, 0.1) is 0 Å². The largest absolute Gasteiger partial charge is 0.376 e. The van der Waals surface area contributed by atoms with Crippen LogP contribution in [-0.2, 0) is 4.74 Å². The van der Waals surface area contributed by atoms with Crippen molar-refractivity contribution in [2.75, 3.05) is 31.1 Å². The summed E-state index contributed by atoms with van der Waals surface area (Å²) in [5.74, 6) is -0.210. The topological polar surface area (TPSA) is 70.7 Å². The first-order valence-electron chi connectivity index (χ1n) is 10.9. The summed E-state index contributed by atoms with van der Waals surface area (Å²) in [6, 6.07) is 14.9. The number of hydrogen-bond acceptors (Lipinski definition) is 4. The standard InChI is InChI=1S/C24H28ClN3O3/c25-21-9-3-1-7-19(21)24(30)27-17-11-13-28(14-12-17)22-10-4-2-8-20(22)23(29)26-16-18-6-5-15-31-18/h1-4,7-10,17-18H,5-6,11-16H2,(H,26,29)(H,27,30)/t18-/m0/s1. The molecule has 0 spiro atoms. The molecule has 2 aromatic rings. The van der Waals surface area contributed by atoms with Gasteiger partial charge in [0.15, 0.2) is 0 Å². The van der Waals surface area contributed by atoms with E-state index in [-0.39, 0.29) is 24.0 Å². The highest BCUT2D eigenvalue weighted by Crippen LogP contribution is 2.25. The normalized spacial score (nSPS) is 19.3. The van der Waals surface area contributed by atoms with E-state index in [2.05, 4.69) is 15.5 Å². The second kappa shape index (κ2) is 10.2. The highest BCUT2D eigenvalue weighted by molar-refractivity contribution is 6.33. The summed E-state index contributed by atoms with van der Waals surface area (Å²) in [5.41, 5.74) is 2.11. The molecule has 2 aliphatic heterocycles. The second-order valence-electron chi connectivity index (χ2n) is 8.08. The van der Waals surface area contributed by atoms with E-state index in [1.165, 1.54) is 0 Å². The van der Waals surface area contributed by atoms with E-state index in [1.807, 2.05) is 36.4 Å². The summed E-state index contributed by atoms with van der Waals surface area (Å²) >= 11 is 6.14. The number of halogens is 1. The molecule has 0 radical (unpaired) electrons. The zero-order valence-electron chi connectivity index (χ0n) is 17.5. The summed E-state index contributed by atoms with van der Waals surface area (Å²) in [5, 5.41) is 6.57. The molecule has 1 atom stereocenters. The first-order valence-corrected chi connectivity index (χ1v) is 11.3. The average Bonchev–Trinajstić information content (AvgIpc) is 3.32. The Morgan fingerprint density at radius 3 is 2.39 bits per heavy atom. The van der Waals surface area contributed by atoms with Crippen LogP contribution in [0.4, 0.5) is 5.69 Å². The monoisotopic (exact) mass is 441 g/mol. The van der Waals surface area contributed by atoms with Gasteiger partial charge in [-0.2, -0.15) is 0 Å². The van der Waals surface area contributed by atoms with Gasteiger partial charge < -0.3 is 20.3 Å². The van der Waals surface area contributed by atoms with Crippen molar-refractivity contribution >= 4 is 29.1 Å². The van der Waals surface area contributed by atoms with E-state index < -0.39 is 0 Å². The third-order valence-electron chi connectivity index (χ3n) is 5.95. The van der Waals surface area contributed by atoms with Gasteiger partial charge in [-0.3, -0.25) is 9.59 Å². The van der Waals surface area contributed by atoms with Crippen molar-refractivity contribution in [3.63, 3.8) is 0 Å². The quantitative estimate of drug-likeness (QED) is 0.717. The molecule has 0 bridgehead atoms. The first-order chi connectivity index (χ1) is 15.1. The maximum Gasteiger partial charge on any atom is 0.253 e. The van der Waals surface area contributed by atoms with Crippen LogP contribution < -0.4 is 15.5 Å². The van der Waals surface area contributed by atoms with Crippen molar-refractivity contribution in [1.29, 1.82) is 0 Å². The number of carbonyl (C=O) groups is 2. The molecule has 2 aliphatic rings. The van der Waals surface area contributed by atoms with Crippen LogP contribution in [0.1, 0.15) is 46.4 Å². The molecule has 0 aromatic heterocycles. The number of carbonyl (C=O) groups excluding carboxylic acids is 2. The first kappa shape index (κ1) is 21.7. The summed E-state index contributed by atoms with van der Waals surface area (Å²) < 4.78 is 5.60. The van der Waals surface area contributed by atoms with Gasteiger partial charge in [0.2, 0.25) is 0 Å². The van der Waals surface area contributed by atoms with Crippen LogP contribution in [0.5, 0.6) is 0 Å². The van der Waals surface area contributed by atoms with E-state index >= 15 is 0 Å². The molecule has 2 aromatic carbocycles. The molecule has 2 amide bonds. The number of benzene rings is 2. The lowest BCUT2D eigenvalue weighted by molar-refractivity contribution is 0.0858. The molecule has 4 rings (SSSR count). The summed E-state index contributed by atoms with van der Waals surface area (Å²) in [4.78, 5) is 27.6. The summed E-state index contributed by atoms with van der Waals surface area (Å²) in [6.07, 6.45) is 3.78. The van der Waals surface area contributed by atoms with Crippen LogP contribution in [-0.4, -0.2) is 50.2 Å². The van der Waals surface area contributed by atoms with Gasteiger partial charge in [-0.05, 0) is 49.9 Å². The maximum atomic E-state index is 12.8. The summed E-state index contributed by atoms with van der Waals surface area (Å²) in [6.45, 7) is 2.86. The Morgan fingerprint density at radius 2 is 1.68 bits per heavy atom. The second-order valence-corrected chi connectivity index (χ2v) is 8.48. The fraction of sp³-hybridized carbons (Fsp3) is 0.417. The van der Waals surface area contributed by atoms with Crippen LogP contribution in [0.3, 0.4) is 0 Å². The predicted octanol–water partition coefficient (Wildman–Crippen LogP) is 3.65. The lowest BCUT2D eigenvalue weighted by atomic mass is 10.0. The number of nitrogens with zero attached hydrogens (tertiary/aromatic N) is 1. The highest BCUT2D eigenvalue weighted by atomic mass is 35.5.